The lowest BCUT2D eigenvalue weighted by molar-refractivity contribution is 0.0958. The molecule has 7 nitrogen and oxygen atoms in total. The molecule has 7 heteroatoms. The summed E-state index contributed by atoms with van der Waals surface area (Å²) in [6, 6.07) is 14.8. The van der Waals surface area contributed by atoms with Crippen LogP contribution in [0.2, 0.25) is 0 Å². The maximum atomic E-state index is 12.3. The van der Waals surface area contributed by atoms with Crippen LogP contribution in [0.15, 0.2) is 71.7 Å². The molecular formula is C22H20N4O3. The zero-order chi connectivity index (χ0) is 20.8. The zero-order valence-electron chi connectivity index (χ0n) is 15.5. The molecule has 0 aliphatic heterocycles. The van der Waals surface area contributed by atoms with Gasteiger partial charge < -0.3 is 21.1 Å². The molecule has 1 heterocycles. The van der Waals surface area contributed by atoms with E-state index in [1.165, 1.54) is 12.1 Å². The van der Waals surface area contributed by atoms with Crippen molar-refractivity contribution in [1.82, 2.24) is 10.3 Å². The predicted molar refractivity (Wildman–Crippen MR) is 113 cm³/mol. The molecule has 2 aromatic carbocycles. The van der Waals surface area contributed by atoms with Crippen LogP contribution in [-0.4, -0.2) is 28.4 Å². The molecule has 1 aromatic heterocycles. The maximum Gasteiger partial charge on any atom is 0.251 e. The Morgan fingerprint density at radius 2 is 1.76 bits per heavy atom. The number of nitrogens with two attached hydrogens (primary N) is 1. The molecule has 0 saturated heterocycles. The lowest BCUT2D eigenvalue weighted by Crippen LogP contribution is -2.23. The number of amidine groups is 1. The first kappa shape index (κ1) is 19.6. The molecular weight excluding hydrogens is 368 g/mol. The highest BCUT2D eigenvalue weighted by Crippen LogP contribution is 2.20. The van der Waals surface area contributed by atoms with E-state index in [9.17, 15) is 14.7 Å². The number of phenolic OH excluding ortho intramolecular Hbond substituents is 1. The van der Waals surface area contributed by atoms with E-state index in [-0.39, 0.29) is 29.6 Å². The normalized spacial score (nSPS) is 10.8. The van der Waals surface area contributed by atoms with Crippen LogP contribution in [-0.2, 0) is 0 Å². The second-order valence-corrected chi connectivity index (χ2v) is 6.32. The van der Waals surface area contributed by atoms with Crippen LogP contribution in [0.1, 0.15) is 21.5 Å². The Morgan fingerprint density at radius 1 is 1.07 bits per heavy atom. The number of hydrogen-bond acceptors (Lipinski definition) is 4. The van der Waals surface area contributed by atoms with Crippen LogP contribution in [0, 0.1) is 5.41 Å². The van der Waals surface area contributed by atoms with E-state index in [1.807, 2.05) is 12.1 Å². The van der Waals surface area contributed by atoms with Gasteiger partial charge in [0, 0.05) is 35.5 Å². The minimum Gasteiger partial charge on any atom is -0.507 e. The van der Waals surface area contributed by atoms with Gasteiger partial charge in [0.15, 0.2) is 0 Å². The SMILES string of the molecule is N=C(N)c1ccc(O)c(C=CCNC(=O)c2ccc(-c3ccc(=O)[nH]c3)cc2)c1. The Kier molecular flexibility index (Phi) is 5.89. The highest BCUT2D eigenvalue weighted by atomic mass is 16.3. The minimum atomic E-state index is -0.232. The summed E-state index contributed by atoms with van der Waals surface area (Å²) >= 11 is 0. The quantitative estimate of drug-likeness (QED) is 0.328. The first-order valence-corrected chi connectivity index (χ1v) is 8.85. The molecule has 3 rings (SSSR count). The zero-order valence-corrected chi connectivity index (χ0v) is 15.5. The van der Waals surface area contributed by atoms with Gasteiger partial charge in [0.25, 0.3) is 5.91 Å². The van der Waals surface area contributed by atoms with Crippen molar-refractivity contribution in [3.63, 3.8) is 0 Å². The Labute approximate surface area is 167 Å². The Hall–Kier alpha value is -4.13. The van der Waals surface area contributed by atoms with E-state index in [1.54, 1.807) is 48.7 Å². The van der Waals surface area contributed by atoms with Crippen molar-refractivity contribution in [3.05, 3.63) is 93.9 Å². The summed E-state index contributed by atoms with van der Waals surface area (Å²) < 4.78 is 0. The van der Waals surface area contributed by atoms with E-state index in [4.69, 9.17) is 11.1 Å². The molecule has 0 saturated carbocycles. The molecule has 0 radical (unpaired) electrons. The van der Waals surface area contributed by atoms with Gasteiger partial charge in [0.1, 0.15) is 11.6 Å². The fourth-order valence-electron chi connectivity index (χ4n) is 2.70. The number of hydrogen-bond donors (Lipinski definition) is 5. The number of carbonyl (C=O) groups excluding carboxylic acids is 1. The highest BCUT2D eigenvalue weighted by Gasteiger charge is 2.05. The van der Waals surface area contributed by atoms with Crippen LogP contribution in [0.25, 0.3) is 17.2 Å². The summed E-state index contributed by atoms with van der Waals surface area (Å²) in [4.78, 5) is 26.0. The minimum absolute atomic E-state index is 0.0652. The molecule has 0 fully saturated rings. The number of pyridine rings is 1. The number of aromatic hydroxyl groups is 1. The molecule has 29 heavy (non-hydrogen) atoms. The van der Waals surface area contributed by atoms with E-state index >= 15 is 0 Å². The van der Waals surface area contributed by atoms with Crippen LogP contribution in [0.3, 0.4) is 0 Å². The highest BCUT2D eigenvalue weighted by molar-refractivity contribution is 5.96. The van der Waals surface area contributed by atoms with Crippen LogP contribution >= 0.6 is 0 Å². The molecule has 0 bridgehead atoms. The monoisotopic (exact) mass is 388 g/mol. The molecule has 0 aliphatic carbocycles. The molecule has 1 amide bonds. The molecule has 6 N–H and O–H groups in total. The number of amides is 1. The van der Waals surface area contributed by atoms with Gasteiger partial charge >= 0.3 is 0 Å². The number of benzene rings is 2. The summed E-state index contributed by atoms with van der Waals surface area (Å²) in [7, 11) is 0. The number of aromatic nitrogens is 1. The van der Waals surface area contributed by atoms with Gasteiger partial charge in [-0.25, -0.2) is 0 Å². The second kappa shape index (κ2) is 8.71. The van der Waals surface area contributed by atoms with E-state index in [0.29, 0.717) is 16.7 Å². The van der Waals surface area contributed by atoms with Crippen molar-refractivity contribution in [2.45, 2.75) is 0 Å². The van der Waals surface area contributed by atoms with Gasteiger partial charge in [-0.3, -0.25) is 15.0 Å². The number of phenols is 1. The van der Waals surface area contributed by atoms with Crippen molar-refractivity contribution in [2.75, 3.05) is 6.54 Å². The van der Waals surface area contributed by atoms with Crippen molar-refractivity contribution in [1.29, 1.82) is 5.41 Å². The van der Waals surface area contributed by atoms with Crippen molar-refractivity contribution in [2.24, 2.45) is 5.73 Å². The topological polar surface area (TPSA) is 132 Å². The predicted octanol–water partition coefficient (Wildman–Crippen LogP) is 2.47. The molecule has 0 aliphatic rings. The lowest BCUT2D eigenvalue weighted by Gasteiger charge is -2.05. The summed E-state index contributed by atoms with van der Waals surface area (Å²) in [6.07, 6.45) is 4.98. The number of nitrogen functional groups attached to an aromatic ring is 1. The number of nitrogens with one attached hydrogen (secondary N) is 3. The van der Waals surface area contributed by atoms with Crippen molar-refractivity contribution >= 4 is 17.8 Å². The third-order valence-corrected chi connectivity index (χ3v) is 4.28. The van der Waals surface area contributed by atoms with Gasteiger partial charge in [-0.1, -0.05) is 24.3 Å². The molecule has 0 unspecified atom stereocenters. The third-order valence-electron chi connectivity index (χ3n) is 4.28. The average Bonchev–Trinajstić information content (AvgIpc) is 2.72. The van der Waals surface area contributed by atoms with Gasteiger partial charge in [0.05, 0.1) is 0 Å². The van der Waals surface area contributed by atoms with Gasteiger partial charge in [-0.05, 0) is 47.5 Å². The van der Waals surface area contributed by atoms with E-state index in [0.717, 1.165) is 11.1 Å². The smallest absolute Gasteiger partial charge is 0.251 e. The number of rotatable bonds is 6. The Bertz CT molecular complexity index is 1110. The van der Waals surface area contributed by atoms with Gasteiger partial charge in [-0.15, -0.1) is 0 Å². The number of carbonyl (C=O) groups is 1. The first-order chi connectivity index (χ1) is 13.9. The fourth-order valence-corrected chi connectivity index (χ4v) is 2.70. The van der Waals surface area contributed by atoms with E-state index in [2.05, 4.69) is 10.3 Å². The fraction of sp³-hybridized carbons (Fsp3) is 0.0455. The average molecular weight is 388 g/mol. The largest absolute Gasteiger partial charge is 0.507 e. The van der Waals surface area contributed by atoms with E-state index < -0.39 is 0 Å². The standard InChI is InChI=1S/C22H20N4O3/c23-21(24)17-7-9-19(27)16(12-17)2-1-11-25-22(29)15-5-3-14(4-6-15)18-8-10-20(28)26-13-18/h1-10,12-13,27H,11H2,(H3,23,24)(H,25,29)(H,26,28). The lowest BCUT2D eigenvalue weighted by atomic mass is 10.1. The van der Waals surface area contributed by atoms with Crippen LogP contribution < -0.4 is 16.6 Å². The van der Waals surface area contributed by atoms with Gasteiger partial charge in [0.2, 0.25) is 5.56 Å². The summed E-state index contributed by atoms with van der Waals surface area (Å²) in [5.41, 5.74) is 8.55. The molecule has 146 valence electrons. The molecule has 0 spiro atoms. The maximum absolute atomic E-state index is 12.3. The third kappa shape index (κ3) is 4.98. The Morgan fingerprint density at radius 3 is 2.41 bits per heavy atom. The van der Waals surface area contributed by atoms with Crippen molar-refractivity contribution in [3.8, 4) is 16.9 Å². The summed E-state index contributed by atoms with van der Waals surface area (Å²) in [5.74, 6) is -0.252. The molecule has 0 atom stereocenters. The van der Waals surface area contributed by atoms with Crippen LogP contribution in [0.4, 0.5) is 0 Å². The number of aromatic amines is 1. The second-order valence-electron chi connectivity index (χ2n) is 6.32. The van der Waals surface area contributed by atoms with Crippen LogP contribution in [0.5, 0.6) is 5.75 Å². The number of H-pyrrole nitrogens is 1. The molecule has 3 aromatic rings. The summed E-state index contributed by atoms with van der Waals surface area (Å²) in [5, 5.41) is 20.1. The van der Waals surface area contributed by atoms with Gasteiger partial charge in [-0.2, -0.15) is 0 Å². The van der Waals surface area contributed by atoms with Crippen molar-refractivity contribution < 1.29 is 9.90 Å². The first-order valence-electron chi connectivity index (χ1n) is 8.85. The Balaban J connectivity index is 1.60. The summed E-state index contributed by atoms with van der Waals surface area (Å²) in [6.45, 7) is 0.268.